The zero-order chi connectivity index (χ0) is 27.6. The highest BCUT2D eigenvalue weighted by atomic mass is 32.1. The van der Waals surface area contributed by atoms with E-state index in [4.69, 9.17) is 4.42 Å². The van der Waals surface area contributed by atoms with Crippen LogP contribution >= 0.6 is 11.3 Å². The van der Waals surface area contributed by atoms with Crippen LogP contribution in [0, 0.1) is 0 Å². The number of fused-ring (bicyclic) bond motifs is 8. The maximum absolute atomic E-state index is 6.13. The smallest absolute Gasteiger partial charge is 0.135 e. The van der Waals surface area contributed by atoms with Crippen molar-refractivity contribution in [3.05, 3.63) is 145 Å². The Balaban J connectivity index is 1.23. The zero-order valence-corrected chi connectivity index (χ0v) is 23.4. The van der Waals surface area contributed by atoms with Crippen LogP contribution in [0.25, 0.3) is 59.5 Å². The van der Waals surface area contributed by atoms with Gasteiger partial charge < -0.3 is 13.9 Å². The molecule has 0 aliphatic heterocycles. The third-order valence-corrected chi connectivity index (χ3v) is 9.19. The summed E-state index contributed by atoms with van der Waals surface area (Å²) in [5.74, 6) is 0. The van der Waals surface area contributed by atoms with Gasteiger partial charge in [-0.25, -0.2) is 0 Å². The van der Waals surface area contributed by atoms with Gasteiger partial charge in [-0.3, -0.25) is 0 Å². The van der Waals surface area contributed by atoms with Crippen LogP contribution in [0.2, 0.25) is 0 Å². The number of benzene rings is 6. The van der Waals surface area contributed by atoms with Crippen LogP contribution < -0.4 is 4.90 Å². The zero-order valence-electron chi connectivity index (χ0n) is 22.6. The second-order valence-corrected chi connectivity index (χ2v) is 11.5. The molecule has 0 fully saturated rings. The lowest BCUT2D eigenvalue weighted by atomic mass is 10.1. The first-order chi connectivity index (χ1) is 20.8. The third kappa shape index (κ3) is 3.46. The van der Waals surface area contributed by atoms with E-state index in [2.05, 4.69) is 142 Å². The number of aromatic nitrogens is 1. The molecule has 3 nitrogen and oxygen atoms in total. The normalized spacial score (nSPS) is 11.8. The summed E-state index contributed by atoms with van der Waals surface area (Å²) < 4.78 is 9.87. The van der Waals surface area contributed by atoms with Gasteiger partial charge in [0.15, 0.2) is 0 Å². The average Bonchev–Trinajstić information content (AvgIpc) is 3.76. The number of rotatable bonds is 4. The number of hydrogen-bond acceptors (Lipinski definition) is 3. The van der Waals surface area contributed by atoms with Gasteiger partial charge in [-0.05, 0) is 83.6 Å². The van der Waals surface area contributed by atoms with Gasteiger partial charge in [0.1, 0.15) is 11.2 Å². The topological polar surface area (TPSA) is 21.3 Å². The Labute approximate surface area is 246 Å². The Hall–Kier alpha value is -5.32. The number of para-hydroxylation sites is 3. The lowest BCUT2D eigenvalue weighted by Gasteiger charge is -2.26. The summed E-state index contributed by atoms with van der Waals surface area (Å²) in [7, 11) is 0. The van der Waals surface area contributed by atoms with Crippen molar-refractivity contribution in [2.75, 3.05) is 4.90 Å². The Kier molecular flexibility index (Phi) is 5.07. The molecule has 0 radical (unpaired) electrons. The highest BCUT2D eigenvalue weighted by Crippen LogP contribution is 2.41. The fraction of sp³-hybridized carbons (Fsp3) is 0. The van der Waals surface area contributed by atoms with E-state index >= 15 is 0 Å². The molecule has 0 saturated heterocycles. The molecule has 4 heteroatoms. The fourth-order valence-corrected chi connectivity index (χ4v) is 7.31. The standard InChI is InChI=1S/C38H24N2OS/c1-2-8-26(9-3-1)39(29-19-21-36-33(24-29)31-11-5-7-13-35(31)41-36)27-15-17-28(18-16-27)40-34-12-6-4-10-30(34)32-20-14-25-22-23-42-38(25)37(32)40/h1-24H. The summed E-state index contributed by atoms with van der Waals surface area (Å²) >= 11 is 1.81. The maximum atomic E-state index is 6.13. The molecule has 42 heavy (non-hydrogen) atoms. The summed E-state index contributed by atoms with van der Waals surface area (Å²) in [6, 6.07) is 49.7. The van der Waals surface area contributed by atoms with E-state index < -0.39 is 0 Å². The molecule has 3 heterocycles. The first-order valence-corrected chi connectivity index (χ1v) is 15.0. The quantitative estimate of drug-likeness (QED) is 0.215. The van der Waals surface area contributed by atoms with Gasteiger partial charge in [-0.15, -0.1) is 11.3 Å². The summed E-state index contributed by atoms with van der Waals surface area (Å²) in [4.78, 5) is 2.31. The molecule has 0 N–H and O–H groups in total. The molecule has 6 aromatic carbocycles. The number of thiophene rings is 1. The summed E-state index contributed by atoms with van der Waals surface area (Å²) in [6.45, 7) is 0. The summed E-state index contributed by atoms with van der Waals surface area (Å²) in [6.07, 6.45) is 0. The van der Waals surface area contributed by atoms with Crippen molar-refractivity contribution in [2.24, 2.45) is 0 Å². The molecule has 0 aliphatic carbocycles. The molecular weight excluding hydrogens is 532 g/mol. The van der Waals surface area contributed by atoms with Crippen LogP contribution in [0.15, 0.2) is 149 Å². The van der Waals surface area contributed by atoms with E-state index in [1.807, 2.05) is 23.5 Å². The molecule has 0 saturated carbocycles. The van der Waals surface area contributed by atoms with Crippen LogP contribution in [0.1, 0.15) is 0 Å². The Morgan fingerprint density at radius 2 is 1.24 bits per heavy atom. The van der Waals surface area contributed by atoms with Gasteiger partial charge in [0.05, 0.1) is 15.7 Å². The molecule has 0 spiro atoms. The number of nitrogens with zero attached hydrogens (tertiary/aromatic N) is 2. The number of furan rings is 1. The molecule has 0 amide bonds. The van der Waals surface area contributed by atoms with Gasteiger partial charge in [0, 0.05) is 44.3 Å². The highest BCUT2D eigenvalue weighted by Gasteiger charge is 2.18. The van der Waals surface area contributed by atoms with Crippen molar-refractivity contribution in [3.8, 4) is 5.69 Å². The minimum absolute atomic E-state index is 0.898. The molecule has 198 valence electrons. The minimum Gasteiger partial charge on any atom is -0.456 e. The predicted molar refractivity (Wildman–Crippen MR) is 178 cm³/mol. The van der Waals surface area contributed by atoms with Gasteiger partial charge >= 0.3 is 0 Å². The molecular formula is C38H24N2OS. The van der Waals surface area contributed by atoms with E-state index in [1.165, 1.54) is 31.9 Å². The molecule has 0 atom stereocenters. The first-order valence-electron chi connectivity index (χ1n) is 14.1. The van der Waals surface area contributed by atoms with Crippen LogP contribution in [0.3, 0.4) is 0 Å². The minimum atomic E-state index is 0.898. The van der Waals surface area contributed by atoms with Gasteiger partial charge in [-0.2, -0.15) is 0 Å². The molecule has 0 unspecified atom stereocenters. The van der Waals surface area contributed by atoms with E-state index in [-0.39, 0.29) is 0 Å². The Morgan fingerprint density at radius 3 is 2.12 bits per heavy atom. The van der Waals surface area contributed by atoms with E-state index in [0.717, 1.165) is 44.7 Å². The maximum Gasteiger partial charge on any atom is 0.135 e. The lowest BCUT2D eigenvalue weighted by Crippen LogP contribution is -2.09. The van der Waals surface area contributed by atoms with Gasteiger partial charge in [-0.1, -0.05) is 66.7 Å². The van der Waals surface area contributed by atoms with Crippen molar-refractivity contribution in [1.82, 2.24) is 4.57 Å². The molecule has 0 bridgehead atoms. The second kappa shape index (κ2) is 9.10. The summed E-state index contributed by atoms with van der Waals surface area (Å²) in [5.41, 5.74) is 8.74. The van der Waals surface area contributed by atoms with Crippen LogP contribution in [-0.2, 0) is 0 Å². The van der Waals surface area contributed by atoms with Crippen molar-refractivity contribution in [2.45, 2.75) is 0 Å². The van der Waals surface area contributed by atoms with Gasteiger partial charge in [0.2, 0.25) is 0 Å². The largest absolute Gasteiger partial charge is 0.456 e. The highest BCUT2D eigenvalue weighted by molar-refractivity contribution is 7.18. The average molecular weight is 557 g/mol. The van der Waals surface area contributed by atoms with Gasteiger partial charge in [0.25, 0.3) is 0 Å². The molecule has 0 aliphatic rings. The second-order valence-electron chi connectivity index (χ2n) is 10.6. The van der Waals surface area contributed by atoms with Crippen molar-refractivity contribution in [3.63, 3.8) is 0 Å². The third-order valence-electron chi connectivity index (χ3n) is 8.25. The Bertz CT molecular complexity index is 2410. The van der Waals surface area contributed by atoms with E-state index in [9.17, 15) is 0 Å². The van der Waals surface area contributed by atoms with Crippen LogP contribution in [0.4, 0.5) is 17.1 Å². The van der Waals surface area contributed by atoms with Crippen molar-refractivity contribution >= 4 is 82.2 Å². The molecule has 9 rings (SSSR count). The van der Waals surface area contributed by atoms with E-state index in [0.29, 0.717) is 0 Å². The molecule has 3 aromatic heterocycles. The van der Waals surface area contributed by atoms with Crippen LogP contribution in [0.5, 0.6) is 0 Å². The Morgan fingerprint density at radius 1 is 0.524 bits per heavy atom. The summed E-state index contributed by atoms with van der Waals surface area (Å²) in [5, 5.41) is 8.28. The predicted octanol–water partition coefficient (Wildman–Crippen LogP) is 11.4. The number of anilines is 3. The lowest BCUT2D eigenvalue weighted by molar-refractivity contribution is 0.669. The SMILES string of the molecule is c1ccc(N(c2ccc(-n3c4ccccc4c4ccc5ccsc5c43)cc2)c2ccc3oc4ccccc4c3c2)cc1. The first kappa shape index (κ1) is 23.4. The van der Waals surface area contributed by atoms with Crippen molar-refractivity contribution < 1.29 is 4.42 Å². The monoisotopic (exact) mass is 556 g/mol. The number of hydrogen-bond donors (Lipinski definition) is 0. The fourth-order valence-electron chi connectivity index (χ4n) is 6.37. The molecule has 9 aromatic rings. The van der Waals surface area contributed by atoms with E-state index in [1.54, 1.807) is 0 Å². The van der Waals surface area contributed by atoms with Crippen LogP contribution in [-0.4, -0.2) is 4.57 Å². The van der Waals surface area contributed by atoms with Crippen molar-refractivity contribution in [1.29, 1.82) is 0 Å².